The molecule has 19 heavy (non-hydrogen) atoms. The first-order chi connectivity index (χ1) is 8.58. The Labute approximate surface area is 124 Å². The van der Waals surface area contributed by atoms with Crippen molar-refractivity contribution < 1.29 is 28.8 Å². The molecular formula is C16H13LiO2. The van der Waals surface area contributed by atoms with Gasteiger partial charge in [0, 0.05) is 5.92 Å². The van der Waals surface area contributed by atoms with Crippen LogP contribution < -0.4 is 24.0 Å². The molecule has 0 spiro atoms. The molecule has 2 nitrogen and oxygen atoms in total. The predicted molar refractivity (Wildman–Crippen MR) is 68.2 cm³/mol. The summed E-state index contributed by atoms with van der Waals surface area (Å²) in [6.07, 6.45) is 0. The van der Waals surface area contributed by atoms with Crippen molar-refractivity contribution in [3.05, 3.63) is 58.7 Å². The molecule has 0 saturated heterocycles. The standard InChI is InChI=1S/C16H14O2.Li/c1-9-3-5-11-12-6-4-10(2)8-14(12)15(16(17)18)13(11)7-9;/h3-8,15H,1-2H3,(H,17,18);/q;+1/p-1. The number of hydrogen-bond acceptors (Lipinski definition) is 2. The summed E-state index contributed by atoms with van der Waals surface area (Å²) in [7, 11) is 0. The van der Waals surface area contributed by atoms with Gasteiger partial charge in [-0.25, -0.2) is 0 Å². The summed E-state index contributed by atoms with van der Waals surface area (Å²) in [5.41, 5.74) is 5.90. The summed E-state index contributed by atoms with van der Waals surface area (Å²) in [6.45, 7) is 3.95. The molecule has 0 aromatic heterocycles. The molecule has 0 bridgehead atoms. The van der Waals surface area contributed by atoms with Crippen LogP contribution in [0.4, 0.5) is 0 Å². The van der Waals surface area contributed by atoms with Crippen molar-refractivity contribution in [2.24, 2.45) is 0 Å². The van der Waals surface area contributed by atoms with E-state index in [0.717, 1.165) is 33.4 Å². The molecule has 0 aliphatic heterocycles. The van der Waals surface area contributed by atoms with E-state index in [4.69, 9.17) is 0 Å². The SMILES string of the molecule is Cc1ccc2c(c1)C(C(=O)[O-])c1cc(C)ccc1-2.[Li+]. The maximum absolute atomic E-state index is 11.4. The number of aryl methyl sites for hydroxylation is 2. The van der Waals surface area contributed by atoms with E-state index in [1.54, 1.807) is 0 Å². The quantitative estimate of drug-likeness (QED) is 0.614. The van der Waals surface area contributed by atoms with Gasteiger partial charge in [0.1, 0.15) is 0 Å². The molecule has 2 aromatic rings. The summed E-state index contributed by atoms with van der Waals surface area (Å²) in [6, 6.07) is 11.9. The van der Waals surface area contributed by atoms with Crippen LogP contribution in [0.1, 0.15) is 28.2 Å². The van der Waals surface area contributed by atoms with Gasteiger partial charge in [0.05, 0.1) is 5.97 Å². The van der Waals surface area contributed by atoms with E-state index in [1.807, 2.05) is 50.2 Å². The predicted octanol–water partition coefficient (Wildman–Crippen LogP) is -0.830. The zero-order valence-electron chi connectivity index (χ0n) is 11.4. The zero-order chi connectivity index (χ0) is 12.9. The van der Waals surface area contributed by atoms with Gasteiger partial charge in [-0.3, -0.25) is 0 Å². The third-order valence-corrected chi connectivity index (χ3v) is 3.56. The van der Waals surface area contributed by atoms with Crippen molar-refractivity contribution in [3.8, 4) is 11.1 Å². The number of hydrogen-bond donors (Lipinski definition) is 0. The number of carbonyl (C=O) groups is 1. The van der Waals surface area contributed by atoms with E-state index in [1.165, 1.54) is 0 Å². The largest absolute Gasteiger partial charge is 1.00 e. The van der Waals surface area contributed by atoms with Crippen molar-refractivity contribution >= 4 is 5.97 Å². The number of carboxylic acid groups (broad SMARTS) is 1. The smallest absolute Gasteiger partial charge is 0.549 e. The Bertz CT molecular complexity index is 610. The third-order valence-electron chi connectivity index (χ3n) is 3.56. The van der Waals surface area contributed by atoms with Crippen molar-refractivity contribution in [1.82, 2.24) is 0 Å². The topological polar surface area (TPSA) is 40.1 Å². The Balaban J connectivity index is 0.00000133. The molecule has 0 saturated carbocycles. The fraction of sp³-hybridized carbons (Fsp3) is 0.188. The fourth-order valence-corrected chi connectivity index (χ4v) is 2.75. The zero-order valence-corrected chi connectivity index (χ0v) is 11.4. The molecule has 0 N–H and O–H groups in total. The number of aliphatic carboxylic acids is 1. The van der Waals surface area contributed by atoms with Crippen LogP contribution in [0.3, 0.4) is 0 Å². The van der Waals surface area contributed by atoms with Crippen LogP contribution in [0.5, 0.6) is 0 Å². The molecule has 0 heterocycles. The first-order valence-electron chi connectivity index (χ1n) is 6.00. The molecule has 0 amide bonds. The Hall–Kier alpha value is -1.49. The number of benzene rings is 2. The summed E-state index contributed by atoms with van der Waals surface area (Å²) >= 11 is 0. The number of rotatable bonds is 1. The third kappa shape index (κ3) is 2.12. The molecule has 0 fully saturated rings. The summed E-state index contributed by atoms with van der Waals surface area (Å²) in [4.78, 5) is 11.4. The minimum atomic E-state index is -1.02. The Morgan fingerprint density at radius 2 is 1.37 bits per heavy atom. The van der Waals surface area contributed by atoms with E-state index in [-0.39, 0.29) is 18.9 Å². The van der Waals surface area contributed by atoms with Gasteiger partial charge in [0.2, 0.25) is 0 Å². The van der Waals surface area contributed by atoms with Gasteiger partial charge in [-0.1, -0.05) is 47.5 Å². The monoisotopic (exact) mass is 244 g/mol. The fourth-order valence-electron chi connectivity index (χ4n) is 2.75. The van der Waals surface area contributed by atoms with Crippen LogP contribution in [0.25, 0.3) is 11.1 Å². The van der Waals surface area contributed by atoms with Crippen LogP contribution in [-0.2, 0) is 4.79 Å². The van der Waals surface area contributed by atoms with Crippen molar-refractivity contribution in [3.63, 3.8) is 0 Å². The van der Waals surface area contributed by atoms with Gasteiger partial charge in [-0.15, -0.1) is 0 Å². The summed E-state index contributed by atoms with van der Waals surface area (Å²) < 4.78 is 0. The maximum Gasteiger partial charge on any atom is 1.00 e. The molecule has 90 valence electrons. The van der Waals surface area contributed by atoms with E-state index in [9.17, 15) is 9.90 Å². The number of carboxylic acids is 1. The van der Waals surface area contributed by atoms with Crippen LogP contribution in [-0.4, -0.2) is 5.97 Å². The second kappa shape index (κ2) is 4.88. The van der Waals surface area contributed by atoms with Gasteiger partial charge in [-0.2, -0.15) is 0 Å². The maximum atomic E-state index is 11.4. The second-order valence-corrected chi connectivity index (χ2v) is 4.93. The second-order valence-electron chi connectivity index (χ2n) is 4.93. The molecule has 3 rings (SSSR count). The van der Waals surface area contributed by atoms with Crippen molar-refractivity contribution in [2.45, 2.75) is 19.8 Å². The van der Waals surface area contributed by atoms with E-state index < -0.39 is 11.9 Å². The van der Waals surface area contributed by atoms with E-state index in [2.05, 4.69) is 0 Å². The minimum Gasteiger partial charge on any atom is -0.549 e. The van der Waals surface area contributed by atoms with E-state index in [0.29, 0.717) is 0 Å². The number of carbonyl (C=O) groups excluding carboxylic acids is 1. The van der Waals surface area contributed by atoms with Gasteiger partial charge in [0.15, 0.2) is 0 Å². The normalized spacial score (nSPS) is 12.5. The first-order valence-corrected chi connectivity index (χ1v) is 6.00. The number of fused-ring (bicyclic) bond motifs is 3. The molecule has 2 aromatic carbocycles. The van der Waals surface area contributed by atoms with Crippen LogP contribution >= 0.6 is 0 Å². The van der Waals surface area contributed by atoms with Gasteiger partial charge < -0.3 is 9.90 Å². The van der Waals surface area contributed by atoms with Crippen molar-refractivity contribution in [2.75, 3.05) is 0 Å². The molecule has 1 aliphatic carbocycles. The van der Waals surface area contributed by atoms with Gasteiger partial charge >= 0.3 is 18.9 Å². The van der Waals surface area contributed by atoms with Gasteiger partial charge in [-0.05, 0) is 36.1 Å². The molecule has 3 heteroatoms. The van der Waals surface area contributed by atoms with Crippen molar-refractivity contribution in [1.29, 1.82) is 0 Å². The van der Waals surface area contributed by atoms with Crippen LogP contribution in [0.15, 0.2) is 36.4 Å². The molecule has 0 atom stereocenters. The van der Waals surface area contributed by atoms with Gasteiger partial charge in [0.25, 0.3) is 0 Å². The molecular weight excluding hydrogens is 231 g/mol. The van der Waals surface area contributed by atoms with Crippen LogP contribution in [0, 0.1) is 13.8 Å². The molecule has 0 unspecified atom stereocenters. The Morgan fingerprint density at radius 3 is 1.74 bits per heavy atom. The average molecular weight is 244 g/mol. The first kappa shape index (κ1) is 13.9. The molecule has 1 aliphatic rings. The minimum absolute atomic E-state index is 0. The molecule has 0 radical (unpaired) electrons. The average Bonchev–Trinajstić information content (AvgIpc) is 2.60. The van der Waals surface area contributed by atoms with Crippen LogP contribution in [0.2, 0.25) is 0 Å². The summed E-state index contributed by atoms with van der Waals surface area (Å²) in [5.74, 6) is -1.65. The Kier molecular flexibility index (Phi) is 3.58. The van der Waals surface area contributed by atoms with E-state index >= 15 is 0 Å². The summed E-state index contributed by atoms with van der Waals surface area (Å²) in [5, 5.41) is 11.4. The Morgan fingerprint density at radius 1 is 0.947 bits per heavy atom.